The van der Waals surface area contributed by atoms with Gasteiger partial charge in [0.05, 0.1) is 24.5 Å². The average Bonchev–Trinajstić information content (AvgIpc) is 3.54. The molecule has 0 radical (unpaired) electrons. The van der Waals surface area contributed by atoms with Gasteiger partial charge in [0.15, 0.2) is 5.11 Å². The average molecular weight is 499 g/mol. The van der Waals surface area contributed by atoms with Gasteiger partial charge in [0.25, 0.3) is 0 Å². The normalized spacial score (nSPS) is 17.1. The first kappa shape index (κ1) is 23.5. The molecule has 36 heavy (non-hydrogen) atoms. The highest BCUT2D eigenvalue weighted by atomic mass is 32.1. The Kier molecular flexibility index (Phi) is 6.64. The monoisotopic (exact) mass is 498 g/mol. The summed E-state index contributed by atoms with van der Waals surface area (Å²) in [7, 11) is 1.59. The summed E-state index contributed by atoms with van der Waals surface area (Å²) in [5.74, 6) is 0.476. The number of aromatic nitrogens is 3. The van der Waals surface area contributed by atoms with Gasteiger partial charge in [-0.15, -0.1) is 0 Å². The van der Waals surface area contributed by atoms with Crippen molar-refractivity contribution >= 4 is 34.6 Å². The largest absolute Gasteiger partial charge is 0.494 e. The maximum Gasteiger partial charge on any atom is 0.224 e. The molecular weight excluding hydrogens is 472 g/mol. The van der Waals surface area contributed by atoms with Crippen molar-refractivity contribution in [3.05, 3.63) is 96.8 Å². The fourth-order valence-electron chi connectivity index (χ4n) is 4.48. The van der Waals surface area contributed by atoms with Gasteiger partial charge < -0.3 is 24.8 Å². The van der Waals surface area contributed by atoms with Crippen LogP contribution in [0.2, 0.25) is 0 Å². The van der Waals surface area contributed by atoms with Gasteiger partial charge >= 0.3 is 0 Å². The van der Waals surface area contributed by atoms with Crippen LogP contribution in [-0.4, -0.2) is 32.7 Å². The number of hydrogen-bond acceptors (Lipinski definition) is 5. The maximum atomic E-state index is 12.0. The Hall–Kier alpha value is -4.24. The first-order valence-corrected chi connectivity index (χ1v) is 12.1. The lowest BCUT2D eigenvalue weighted by Gasteiger charge is -2.29. The molecule has 9 heteroatoms. The predicted octanol–water partition coefficient (Wildman–Crippen LogP) is 4.80. The smallest absolute Gasteiger partial charge is 0.224 e. The van der Waals surface area contributed by atoms with E-state index in [-0.39, 0.29) is 18.0 Å². The lowest BCUT2D eigenvalue weighted by atomic mass is 10.0. The Morgan fingerprint density at radius 1 is 1.08 bits per heavy atom. The van der Waals surface area contributed by atoms with Crippen LogP contribution in [0.15, 0.2) is 85.5 Å². The van der Waals surface area contributed by atoms with Crippen LogP contribution in [-0.2, 0) is 4.79 Å². The summed E-state index contributed by atoms with van der Waals surface area (Å²) in [6.45, 7) is 1.81. The summed E-state index contributed by atoms with van der Waals surface area (Å²) in [5, 5.41) is 6.96. The zero-order valence-electron chi connectivity index (χ0n) is 20.0. The zero-order chi connectivity index (χ0) is 25.1. The second-order valence-corrected chi connectivity index (χ2v) is 8.68. The van der Waals surface area contributed by atoms with Gasteiger partial charge in [-0.05, 0) is 60.7 Å². The van der Waals surface area contributed by atoms with Gasteiger partial charge in [-0.2, -0.15) is 0 Å². The van der Waals surface area contributed by atoms with Crippen molar-refractivity contribution in [3.63, 3.8) is 0 Å². The van der Waals surface area contributed by atoms with Crippen molar-refractivity contribution in [1.29, 1.82) is 0 Å². The number of ether oxygens (including phenoxy) is 1. The first-order chi connectivity index (χ1) is 17.6. The summed E-state index contributed by atoms with van der Waals surface area (Å²) in [4.78, 5) is 22.9. The minimum atomic E-state index is -0.212. The van der Waals surface area contributed by atoms with Gasteiger partial charge in [0, 0.05) is 54.3 Å². The molecule has 2 atom stereocenters. The standard InChI is InChI=1S/C27H26N6O2S/c1-3-24(34)30-20-10-9-19(17-23(20)35-2)33-26(25(31-27(33)36)21-7-4-5-13-29-21)22-8-6-16-32(22)18-11-14-28-15-12-18/h4-17,25-26H,3H2,1-2H3,(H,30,34)(H,31,36). The van der Waals surface area contributed by atoms with E-state index in [1.807, 2.05) is 67.7 Å². The number of nitrogens with zero attached hydrogens (tertiary/aromatic N) is 4. The number of rotatable bonds is 7. The van der Waals surface area contributed by atoms with E-state index in [2.05, 4.69) is 36.1 Å². The van der Waals surface area contributed by atoms with Crippen molar-refractivity contribution in [2.75, 3.05) is 17.3 Å². The molecule has 1 saturated heterocycles. The Labute approximate surface area is 215 Å². The van der Waals surface area contributed by atoms with Crippen molar-refractivity contribution < 1.29 is 9.53 Å². The zero-order valence-corrected chi connectivity index (χ0v) is 20.8. The molecule has 0 saturated carbocycles. The van der Waals surface area contributed by atoms with Crippen molar-refractivity contribution in [2.45, 2.75) is 25.4 Å². The Morgan fingerprint density at radius 3 is 2.64 bits per heavy atom. The van der Waals surface area contributed by atoms with E-state index >= 15 is 0 Å². The summed E-state index contributed by atoms with van der Waals surface area (Å²) in [6.07, 6.45) is 7.75. The van der Waals surface area contributed by atoms with E-state index in [1.54, 1.807) is 25.7 Å². The molecule has 1 aromatic carbocycles. The Morgan fingerprint density at radius 2 is 1.92 bits per heavy atom. The number of hydrogen-bond donors (Lipinski definition) is 2. The molecule has 1 fully saturated rings. The number of nitrogens with one attached hydrogen (secondary N) is 2. The summed E-state index contributed by atoms with van der Waals surface area (Å²) >= 11 is 5.87. The van der Waals surface area contributed by atoms with Crippen LogP contribution in [0.3, 0.4) is 0 Å². The molecule has 0 spiro atoms. The van der Waals surface area contributed by atoms with Crippen LogP contribution >= 0.6 is 12.2 Å². The number of methoxy groups -OCH3 is 1. The van der Waals surface area contributed by atoms with E-state index in [1.165, 1.54) is 0 Å². The minimum absolute atomic E-state index is 0.0809. The fraction of sp³-hybridized carbons (Fsp3) is 0.185. The Balaban J connectivity index is 1.62. The van der Waals surface area contributed by atoms with Crippen molar-refractivity contribution in [2.24, 2.45) is 0 Å². The third kappa shape index (κ3) is 4.40. The second-order valence-electron chi connectivity index (χ2n) is 8.29. The molecule has 4 heterocycles. The summed E-state index contributed by atoms with van der Waals surface area (Å²) < 4.78 is 7.76. The molecular formula is C27H26N6O2S. The van der Waals surface area contributed by atoms with Crippen LogP contribution in [0, 0.1) is 0 Å². The van der Waals surface area contributed by atoms with E-state index in [0.717, 1.165) is 22.8 Å². The topological polar surface area (TPSA) is 84.3 Å². The van der Waals surface area contributed by atoms with Crippen LogP contribution in [0.5, 0.6) is 5.75 Å². The van der Waals surface area contributed by atoms with E-state index < -0.39 is 0 Å². The fourth-order valence-corrected chi connectivity index (χ4v) is 4.83. The summed E-state index contributed by atoms with van der Waals surface area (Å²) in [5.41, 5.74) is 4.37. The second kappa shape index (κ2) is 10.2. The number of pyridine rings is 2. The number of carbonyl (C=O) groups excluding carboxylic acids is 1. The molecule has 3 aromatic heterocycles. The lowest BCUT2D eigenvalue weighted by Crippen LogP contribution is -2.30. The van der Waals surface area contributed by atoms with E-state index in [9.17, 15) is 4.79 Å². The molecule has 8 nitrogen and oxygen atoms in total. The minimum Gasteiger partial charge on any atom is -0.494 e. The summed E-state index contributed by atoms with van der Waals surface area (Å²) in [6, 6.07) is 19.2. The highest BCUT2D eigenvalue weighted by Crippen LogP contribution is 2.43. The third-order valence-electron chi connectivity index (χ3n) is 6.18. The van der Waals surface area contributed by atoms with E-state index in [0.29, 0.717) is 23.0 Å². The molecule has 1 aliphatic heterocycles. The molecule has 0 bridgehead atoms. The molecule has 2 N–H and O–H groups in total. The molecule has 182 valence electrons. The molecule has 5 rings (SSSR count). The molecule has 1 amide bonds. The van der Waals surface area contributed by atoms with Crippen molar-refractivity contribution in [3.8, 4) is 11.4 Å². The van der Waals surface area contributed by atoms with Gasteiger partial charge in [-0.1, -0.05) is 13.0 Å². The third-order valence-corrected chi connectivity index (χ3v) is 6.50. The van der Waals surface area contributed by atoms with Crippen LogP contribution < -0.4 is 20.3 Å². The van der Waals surface area contributed by atoms with Gasteiger partial charge in [0.2, 0.25) is 5.91 Å². The van der Waals surface area contributed by atoms with Crippen LogP contribution in [0.1, 0.15) is 36.8 Å². The molecule has 1 aliphatic rings. The van der Waals surface area contributed by atoms with Crippen LogP contribution in [0.25, 0.3) is 5.69 Å². The maximum absolute atomic E-state index is 12.0. The number of benzene rings is 1. The highest BCUT2D eigenvalue weighted by Gasteiger charge is 2.42. The Bertz CT molecular complexity index is 1380. The number of anilines is 2. The number of amides is 1. The van der Waals surface area contributed by atoms with Crippen molar-refractivity contribution in [1.82, 2.24) is 19.9 Å². The quantitative estimate of drug-likeness (QED) is 0.354. The highest BCUT2D eigenvalue weighted by molar-refractivity contribution is 7.80. The van der Waals surface area contributed by atoms with Gasteiger partial charge in [0.1, 0.15) is 11.8 Å². The van der Waals surface area contributed by atoms with Crippen LogP contribution in [0.4, 0.5) is 11.4 Å². The molecule has 2 unspecified atom stereocenters. The van der Waals surface area contributed by atoms with Gasteiger partial charge in [-0.25, -0.2) is 0 Å². The predicted molar refractivity (Wildman–Crippen MR) is 143 cm³/mol. The first-order valence-electron chi connectivity index (χ1n) is 11.7. The number of thiocarbonyl (C=S) groups is 1. The molecule has 0 aliphatic carbocycles. The lowest BCUT2D eigenvalue weighted by molar-refractivity contribution is -0.115. The molecule has 4 aromatic rings. The van der Waals surface area contributed by atoms with E-state index in [4.69, 9.17) is 17.0 Å². The SMILES string of the molecule is CCC(=O)Nc1ccc(N2C(=S)NC(c3ccccn3)C2c2cccn2-c2ccncc2)cc1OC. The number of carbonyl (C=O) groups is 1. The van der Waals surface area contributed by atoms with Gasteiger partial charge in [-0.3, -0.25) is 14.8 Å².